The lowest BCUT2D eigenvalue weighted by molar-refractivity contribution is -0.0679. The molecule has 5 heteroatoms. The van der Waals surface area contributed by atoms with Crippen molar-refractivity contribution in [3.8, 4) is 10.4 Å². The maximum Gasteiger partial charge on any atom is 0.261 e. The average Bonchev–Trinajstić information content (AvgIpc) is 3.09. The number of hydrogen-bond acceptors (Lipinski definition) is 4. The molecule has 144 valence electrons. The molecule has 1 amide bonds. The number of carbonyl (C=O) groups excluding carboxylic acids is 1. The molecule has 1 N–H and O–H groups in total. The number of benzene rings is 1. The summed E-state index contributed by atoms with van der Waals surface area (Å²) in [6.45, 7) is 7.94. The first-order valence-electron chi connectivity index (χ1n) is 9.97. The molecule has 27 heavy (non-hydrogen) atoms. The number of ether oxygens (including phenoxy) is 1. The molecule has 1 aliphatic heterocycles. The van der Waals surface area contributed by atoms with Crippen molar-refractivity contribution >= 4 is 17.2 Å². The minimum absolute atomic E-state index is 0.0654. The zero-order valence-corrected chi connectivity index (χ0v) is 17.0. The second-order valence-corrected chi connectivity index (χ2v) is 8.80. The number of aryl methyl sites for hydroxylation is 2. The molecule has 1 aromatic heterocycles. The monoisotopic (exact) mass is 384 g/mol. The first kappa shape index (κ1) is 18.7. The summed E-state index contributed by atoms with van der Waals surface area (Å²) < 4.78 is 5.77. The molecule has 2 heterocycles. The van der Waals surface area contributed by atoms with Crippen LogP contribution in [0.3, 0.4) is 0 Å². The third-order valence-electron chi connectivity index (χ3n) is 5.39. The molecule has 1 aliphatic carbocycles. The standard InChI is InChI=1S/C22H28N2O2S/c1-15-13-24(14-16(2)26-15)11-5-10-23-22(25)20-12-18-9-8-17-6-3-4-7-19(17)21(18)27-20/h3-4,6-7,12,15-16H,5,8-11,13-14H2,1-2H3,(H,23,25). The fourth-order valence-electron chi connectivity index (χ4n) is 4.24. The van der Waals surface area contributed by atoms with Gasteiger partial charge in [0.2, 0.25) is 0 Å². The molecule has 4 nitrogen and oxygen atoms in total. The van der Waals surface area contributed by atoms with Crippen LogP contribution >= 0.6 is 11.3 Å². The SMILES string of the molecule is CC1CN(CCCNC(=O)c2cc3c(s2)-c2ccccc2CC3)CC(C)O1. The Kier molecular flexibility index (Phi) is 5.62. The number of nitrogens with zero attached hydrogens (tertiary/aromatic N) is 1. The summed E-state index contributed by atoms with van der Waals surface area (Å²) >= 11 is 1.63. The van der Waals surface area contributed by atoms with Gasteiger partial charge in [-0.25, -0.2) is 0 Å². The van der Waals surface area contributed by atoms with Crippen LogP contribution in [0.2, 0.25) is 0 Å². The smallest absolute Gasteiger partial charge is 0.261 e. The van der Waals surface area contributed by atoms with Crippen LogP contribution in [0.15, 0.2) is 30.3 Å². The maximum absolute atomic E-state index is 12.6. The highest BCUT2D eigenvalue weighted by molar-refractivity contribution is 7.17. The molecule has 0 radical (unpaired) electrons. The van der Waals surface area contributed by atoms with Crippen LogP contribution in [0, 0.1) is 0 Å². The predicted octanol–water partition coefficient (Wildman–Crippen LogP) is 3.74. The Balaban J connectivity index is 1.31. The molecule has 1 fully saturated rings. The van der Waals surface area contributed by atoms with Crippen LogP contribution in [0.25, 0.3) is 10.4 Å². The van der Waals surface area contributed by atoms with Crippen LogP contribution in [0.4, 0.5) is 0 Å². The maximum atomic E-state index is 12.6. The Bertz CT molecular complexity index is 806. The van der Waals surface area contributed by atoms with E-state index in [1.807, 2.05) is 0 Å². The van der Waals surface area contributed by atoms with Crippen molar-refractivity contribution in [2.75, 3.05) is 26.2 Å². The summed E-state index contributed by atoms with van der Waals surface area (Å²) in [4.78, 5) is 17.1. The van der Waals surface area contributed by atoms with Gasteiger partial charge in [-0.3, -0.25) is 9.69 Å². The van der Waals surface area contributed by atoms with Gasteiger partial charge < -0.3 is 10.1 Å². The zero-order chi connectivity index (χ0) is 18.8. The number of rotatable bonds is 5. The summed E-state index contributed by atoms with van der Waals surface area (Å²) in [6.07, 6.45) is 3.66. The third-order valence-corrected chi connectivity index (χ3v) is 6.60. The van der Waals surface area contributed by atoms with Gasteiger partial charge in [-0.05, 0) is 55.9 Å². The molecule has 1 aromatic carbocycles. The summed E-state index contributed by atoms with van der Waals surface area (Å²) in [7, 11) is 0. The van der Waals surface area contributed by atoms with Crippen molar-refractivity contribution in [2.24, 2.45) is 0 Å². The zero-order valence-electron chi connectivity index (χ0n) is 16.2. The van der Waals surface area contributed by atoms with Gasteiger partial charge in [0.05, 0.1) is 17.1 Å². The van der Waals surface area contributed by atoms with Crippen LogP contribution < -0.4 is 5.32 Å². The van der Waals surface area contributed by atoms with E-state index in [4.69, 9.17) is 4.74 Å². The lowest BCUT2D eigenvalue weighted by Gasteiger charge is -2.35. The van der Waals surface area contributed by atoms with E-state index in [9.17, 15) is 4.79 Å². The number of carbonyl (C=O) groups is 1. The summed E-state index contributed by atoms with van der Waals surface area (Å²) in [5, 5.41) is 3.11. The van der Waals surface area contributed by atoms with Crippen LogP contribution in [-0.4, -0.2) is 49.2 Å². The topological polar surface area (TPSA) is 41.6 Å². The Hall–Kier alpha value is -1.69. The molecule has 2 unspecified atom stereocenters. The van der Waals surface area contributed by atoms with Gasteiger partial charge in [0.15, 0.2) is 0 Å². The van der Waals surface area contributed by atoms with Gasteiger partial charge in [-0.1, -0.05) is 24.3 Å². The van der Waals surface area contributed by atoms with Gasteiger partial charge in [0, 0.05) is 31.1 Å². The Labute approximate surface area is 165 Å². The molecule has 0 bridgehead atoms. The first-order valence-corrected chi connectivity index (χ1v) is 10.8. The second-order valence-electron chi connectivity index (χ2n) is 7.75. The van der Waals surface area contributed by atoms with E-state index in [-0.39, 0.29) is 5.91 Å². The van der Waals surface area contributed by atoms with E-state index in [1.54, 1.807) is 11.3 Å². The van der Waals surface area contributed by atoms with E-state index >= 15 is 0 Å². The summed E-state index contributed by atoms with van der Waals surface area (Å²) in [5.74, 6) is 0.0654. The Morgan fingerprint density at radius 1 is 1.19 bits per heavy atom. The minimum atomic E-state index is 0.0654. The second kappa shape index (κ2) is 8.13. The molecule has 2 aliphatic rings. The van der Waals surface area contributed by atoms with E-state index < -0.39 is 0 Å². The van der Waals surface area contributed by atoms with Crippen molar-refractivity contribution < 1.29 is 9.53 Å². The van der Waals surface area contributed by atoms with Gasteiger partial charge in [0.25, 0.3) is 5.91 Å². The highest BCUT2D eigenvalue weighted by Gasteiger charge is 2.22. The number of hydrogen-bond donors (Lipinski definition) is 1. The van der Waals surface area contributed by atoms with Crippen molar-refractivity contribution in [3.05, 3.63) is 46.3 Å². The predicted molar refractivity (Wildman–Crippen MR) is 111 cm³/mol. The lowest BCUT2D eigenvalue weighted by Crippen LogP contribution is -2.46. The number of amides is 1. The lowest BCUT2D eigenvalue weighted by atomic mass is 9.91. The molecular formula is C22H28N2O2S. The Morgan fingerprint density at radius 2 is 1.93 bits per heavy atom. The van der Waals surface area contributed by atoms with E-state index in [0.717, 1.165) is 50.3 Å². The molecule has 0 saturated carbocycles. The van der Waals surface area contributed by atoms with Gasteiger partial charge in [-0.2, -0.15) is 0 Å². The fourth-order valence-corrected chi connectivity index (χ4v) is 5.43. The van der Waals surface area contributed by atoms with Crippen molar-refractivity contribution in [3.63, 3.8) is 0 Å². The quantitative estimate of drug-likeness (QED) is 0.799. The molecule has 1 saturated heterocycles. The normalized spacial score (nSPS) is 22.1. The van der Waals surface area contributed by atoms with Crippen LogP contribution in [-0.2, 0) is 17.6 Å². The average molecular weight is 385 g/mol. The third kappa shape index (κ3) is 4.26. The summed E-state index contributed by atoms with van der Waals surface area (Å²) in [6, 6.07) is 10.7. The first-order chi connectivity index (χ1) is 13.1. The van der Waals surface area contributed by atoms with Crippen molar-refractivity contribution in [1.29, 1.82) is 0 Å². The highest BCUT2D eigenvalue weighted by Crippen LogP contribution is 2.39. The molecule has 2 aromatic rings. The van der Waals surface area contributed by atoms with Gasteiger partial charge >= 0.3 is 0 Å². The van der Waals surface area contributed by atoms with Crippen molar-refractivity contribution in [2.45, 2.75) is 45.3 Å². The number of fused-ring (bicyclic) bond motifs is 3. The van der Waals surface area contributed by atoms with E-state index in [2.05, 4.69) is 54.4 Å². The molecular weight excluding hydrogens is 356 g/mol. The number of nitrogens with one attached hydrogen (secondary N) is 1. The number of thiophene rings is 1. The van der Waals surface area contributed by atoms with Crippen LogP contribution in [0.5, 0.6) is 0 Å². The van der Waals surface area contributed by atoms with Gasteiger partial charge in [0.1, 0.15) is 0 Å². The minimum Gasteiger partial charge on any atom is -0.373 e. The Morgan fingerprint density at radius 3 is 2.74 bits per heavy atom. The van der Waals surface area contributed by atoms with E-state index in [1.165, 1.54) is 21.6 Å². The molecule has 4 rings (SSSR count). The number of morpholine rings is 1. The highest BCUT2D eigenvalue weighted by atomic mass is 32.1. The van der Waals surface area contributed by atoms with Crippen LogP contribution in [0.1, 0.15) is 41.1 Å². The van der Waals surface area contributed by atoms with Gasteiger partial charge in [-0.15, -0.1) is 11.3 Å². The summed E-state index contributed by atoms with van der Waals surface area (Å²) in [5.41, 5.74) is 4.02. The largest absolute Gasteiger partial charge is 0.373 e. The molecule has 2 atom stereocenters. The van der Waals surface area contributed by atoms with Crippen molar-refractivity contribution in [1.82, 2.24) is 10.2 Å². The molecule has 0 spiro atoms. The van der Waals surface area contributed by atoms with E-state index in [0.29, 0.717) is 12.2 Å². The fraction of sp³-hybridized carbons (Fsp3) is 0.500.